The summed E-state index contributed by atoms with van der Waals surface area (Å²) in [7, 11) is 1.57. The molecule has 104 valence electrons. The van der Waals surface area contributed by atoms with Crippen molar-refractivity contribution in [1.29, 1.82) is 0 Å². The lowest BCUT2D eigenvalue weighted by Gasteiger charge is -2.26. The Bertz CT molecular complexity index is 448. The fourth-order valence-corrected chi connectivity index (χ4v) is 3.08. The Morgan fingerprint density at radius 2 is 2.00 bits per heavy atom. The second-order valence-corrected chi connectivity index (χ2v) is 5.75. The topological polar surface area (TPSA) is 26.3 Å². The van der Waals surface area contributed by atoms with Gasteiger partial charge < -0.3 is 4.74 Å². The molecule has 19 heavy (non-hydrogen) atoms. The van der Waals surface area contributed by atoms with Gasteiger partial charge in [-0.25, -0.2) is 0 Å². The number of hydrogen-bond acceptors (Lipinski definition) is 2. The summed E-state index contributed by atoms with van der Waals surface area (Å²) in [5.41, 5.74) is 0.723. The first-order valence-corrected chi connectivity index (χ1v) is 7.41. The van der Waals surface area contributed by atoms with E-state index in [0.717, 1.165) is 24.3 Å². The standard InChI is InChI=1S/C16H21ClO2/c1-3-11-4-6-12(7-5-11)16(18)13-8-9-14(17)15(10-13)19-2/h8-12H,3-7H2,1-2H3. The second kappa shape index (κ2) is 6.42. The summed E-state index contributed by atoms with van der Waals surface area (Å²) >= 11 is 5.99. The predicted octanol–water partition coefficient (Wildman–Crippen LogP) is 4.75. The van der Waals surface area contributed by atoms with Gasteiger partial charge in [0.2, 0.25) is 0 Å². The van der Waals surface area contributed by atoms with Crippen LogP contribution in [0.5, 0.6) is 5.75 Å². The van der Waals surface area contributed by atoms with Gasteiger partial charge in [-0.1, -0.05) is 24.9 Å². The molecule has 2 nitrogen and oxygen atoms in total. The van der Waals surface area contributed by atoms with Gasteiger partial charge in [-0.3, -0.25) is 4.79 Å². The Labute approximate surface area is 120 Å². The quantitative estimate of drug-likeness (QED) is 0.744. The van der Waals surface area contributed by atoms with Crippen LogP contribution >= 0.6 is 11.6 Å². The lowest BCUT2D eigenvalue weighted by Crippen LogP contribution is -2.21. The van der Waals surface area contributed by atoms with E-state index < -0.39 is 0 Å². The van der Waals surface area contributed by atoms with Gasteiger partial charge in [0, 0.05) is 11.5 Å². The lowest BCUT2D eigenvalue weighted by molar-refractivity contribution is 0.0871. The molecule has 1 aliphatic carbocycles. The van der Waals surface area contributed by atoms with Crippen LogP contribution in [-0.2, 0) is 0 Å². The van der Waals surface area contributed by atoms with Gasteiger partial charge in [0.25, 0.3) is 0 Å². The number of carbonyl (C=O) groups is 1. The maximum Gasteiger partial charge on any atom is 0.166 e. The minimum atomic E-state index is 0.175. The molecule has 0 radical (unpaired) electrons. The van der Waals surface area contributed by atoms with Crippen LogP contribution in [-0.4, -0.2) is 12.9 Å². The summed E-state index contributed by atoms with van der Waals surface area (Å²) in [5.74, 6) is 1.80. The van der Waals surface area contributed by atoms with Crippen LogP contribution in [0, 0.1) is 11.8 Å². The first kappa shape index (κ1) is 14.4. The summed E-state index contributed by atoms with van der Waals surface area (Å²) in [6, 6.07) is 5.31. The smallest absolute Gasteiger partial charge is 0.166 e. The molecule has 3 heteroatoms. The summed E-state index contributed by atoms with van der Waals surface area (Å²) in [4.78, 5) is 12.5. The Morgan fingerprint density at radius 3 is 2.58 bits per heavy atom. The third-order valence-corrected chi connectivity index (χ3v) is 4.54. The monoisotopic (exact) mass is 280 g/mol. The first-order valence-electron chi connectivity index (χ1n) is 7.03. The van der Waals surface area contributed by atoms with Crippen molar-refractivity contribution in [2.75, 3.05) is 7.11 Å². The molecule has 0 amide bonds. The van der Waals surface area contributed by atoms with Crippen molar-refractivity contribution < 1.29 is 9.53 Å². The van der Waals surface area contributed by atoms with E-state index in [1.54, 1.807) is 25.3 Å². The van der Waals surface area contributed by atoms with Gasteiger partial charge in [0.15, 0.2) is 5.78 Å². The summed E-state index contributed by atoms with van der Waals surface area (Å²) < 4.78 is 5.17. The van der Waals surface area contributed by atoms with E-state index in [1.807, 2.05) is 0 Å². The largest absolute Gasteiger partial charge is 0.495 e. The molecule has 2 rings (SSSR count). The van der Waals surface area contributed by atoms with Crippen molar-refractivity contribution in [3.05, 3.63) is 28.8 Å². The molecule has 0 heterocycles. The zero-order valence-electron chi connectivity index (χ0n) is 11.6. The van der Waals surface area contributed by atoms with Crippen LogP contribution in [0.1, 0.15) is 49.4 Å². The zero-order chi connectivity index (χ0) is 13.8. The third kappa shape index (κ3) is 3.30. The fourth-order valence-electron chi connectivity index (χ4n) is 2.88. The van der Waals surface area contributed by atoms with Crippen molar-refractivity contribution in [2.24, 2.45) is 11.8 Å². The predicted molar refractivity (Wildman–Crippen MR) is 78.1 cm³/mol. The van der Waals surface area contributed by atoms with Gasteiger partial charge in [-0.05, 0) is 49.8 Å². The Balaban J connectivity index is 2.08. The molecule has 0 N–H and O–H groups in total. The number of halogens is 1. The number of Topliss-reactive ketones (excluding diaryl/α,β-unsaturated/α-hetero) is 1. The highest BCUT2D eigenvalue weighted by atomic mass is 35.5. The van der Waals surface area contributed by atoms with Crippen LogP contribution in [0.4, 0.5) is 0 Å². The van der Waals surface area contributed by atoms with Crippen LogP contribution in [0.15, 0.2) is 18.2 Å². The van der Waals surface area contributed by atoms with E-state index in [2.05, 4.69) is 6.92 Å². The van der Waals surface area contributed by atoms with Crippen LogP contribution in [0.2, 0.25) is 5.02 Å². The molecule has 0 saturated heterocycles. The molecular formula is C16H21ClO2. The highest BCUT2D eigenvalue weighted by molar-refractivity contribution is 6.32. The number of rotatable bonds is 4. The molecule has 1 aromatic rings. The third-order valence-electron chi connectivity index (χ3n) is 4.23. The average Bonchev–Trinajstić information content (AvgIpc) is 2.47. The van der Waals surface area contributed by atoms with Gasteiger partial charge in [0.1, 0.15) is 5.75 Å². The molecule has 0 bridgehead atoms. The van der Waals surface area contributed by atoms with E-state index >= 15 is 0 Å². The van der Waals surface area contributed by atoms with Crippen molar-refractivity contribution >= 4 is 17.4 Å². The molecule has 0 unspecified atom stereocenters. The maximum absolute atomic E-state index is 12.5. The van der Waals surface area contributed by atoms with Crippen LogP contribution in [0.3, 0.4) is 0 Å². The van der Waals surface area contributed by atoms with E-state index in [-0.39, 0.29) is 11.7 Å². The molecule has 1 aromatic carbocycles. The summed E-state index contributed by atoms with van der Waals surface area (Å²) in [5, 5.41) is 0.550. The lowest BCUT2D eigenvalue weighted by atomic mass is 9.78. The maximum atomic E-state index is 12.5. The van der Waals surface area contributed by atoms with Gasteiger partial charge in [-0.2, -0.15) is 0 Å². The minimum Gasteiger partial charge on any atom is -0.495 e. The Hall–Kier alpha value is -1.02. The number of ether oxygens (including phenoxy) is 1. The molecule has 1 fully saturated rings. The van der Waals surface area contributed by atoms with Crippen molar-refractivity contribution in [1.82, 2.24) is 0 Å². The van der Waals surface area contributed by atoms with Gasteiger partial charge in [0.05, 0.1) is 12.1 Å². The number of ketones is 1. The van der Waals surface area contributed by atoms with E-state index in [1.165, 1.54) is 19.3 Å². The normalized spacial score (nSPS) is 23.1. The fraction of sp³-hybridized carbons (Fsp3) is 0.562. The number of hydrogen-bond donors (Lipinski definition) is 0. The van der Waals surface area contributed by atoms with E-state index in [4.69, 9.17) is 16.3 Å². The van der Waals surface area contributed by atoms with Gasteiger partial charge >= 0.3 is 0 Å². The minimum absolute atomic E-state index is 0.175. The molecule has 0 aromatic heterocycles. The van der Waals surface area contributed by atoms with Crippen LogP contribution < -0.4 is 4.74 Å². The molecule has 1 aliphatic rings. The van der Waals surface area contributed by atoms with Crippen molar-refractivity contribution in [3.8, 4) is 5.75 Å². The van der Waals surface area contributed by atoms with Crippen LogP contribution in [0.25, 0.3) is 0 Å². The Kier molecular flexibility index (Phi) is 4.87. The zero-order valence-corrected chi connectivity index (χ0v) is 12.4. The number of methoxy groups -OCH3 is 1. The molecule has 0 atom stereocenters. The SMILES string of the molecule is CCC1CCC(C(=O)c2ccc(Cl)c(OC)c2)CC1. The van der Waals surface area contributed by atoms with E-state index in [0.29, 0.717) is 10.8 Å². The first-order chi connectivity index (χ1) is 9.15. The molecule has 0 spiro atoms. The van der Waals surface area contributed by atoms with Crippen molar-refractivity contribution in [2.45, 2.75) is 39.0 Å². The van der Waals surface area contributed by atoms with Crippen molar-refractivity contribution in [3.63, 3.8) is 0 Å². The second-order valence-electron chi connectivity index (χ2n) is 5.34. The summed E-state index contributed by atoms with van der Waals surface area (Å²) in [6.45, 7) is 2.23. The number of benzene rings is 1. The average molecular weight is 281 g/mol. The summed E-state index contributed by atoms with van der Waals surface area (Å²) in [6.07, 6.45) is 5.62. The Morgan fingerprint density at radius 1 is 1.32 bits per heavy atom. The highest BCUT2D eigenvalue weighted by Crippen LogP contribution is 2.34. The highest BCUT2D eigenvalue weighted by Gasteiger charge is 2.26. The molecular weight excluding hydrogens is 260 g/mol. The number of carbonyl (C=O) groups excluding carboxylic acids is 1. The van der Waals surface area contributed by atoms with Gasteiger partial charge in [-0.15, -0.1) is 0 Å². The van der Waals surface area contributed by atoms with E-state index in [9.17, 15) is 4.79 Å². The molecule has 1 saturated carbocycles. The molecule has 0 aliphatic heterocycles.